The lowest BCUT2D eigenvalue weighted by Crippen LogP contribution is -2.24. The molecule has 0 bridgehead atoms. The third-order valence-corrected chi connectivity index (χ3v) is 3.37. The van der Waals surface area contributed by atoms with E-state index in [1.807, 2.05) is 31.2 Å². The molecule has 0 amide bonds. The summed E-state index contributed by atoms with van der Waals surface area (Å²) in [6.45, 7) is 4.86. The van der Waals surface area contributed by atoms with Crippen LogP contribution in [0.4, 0.5) is 4.39 Å². The number of ether oxygens (including phenoxy) is 1. The molecule has 0 aliphatic carbocycles. The summed E-state index contributed by atoms with van der Waals surface area (Å²) in [5, 5.41) is 3.41. The minimum absolute atomic E-state index is 0.0719. The van der Waals surface area contributed by atoms with Gasteiger partial charge in [0, 0.05) is 5.69 Å². The van der Waals surface area contributed by atoms with Crippen LogP contribution in [0.25, 0.3) is 0 Å². The molecule has 2 rings (SSSR count). The zero-order valence-electron chi connectivity index (χ0n) is 12.7. The van der Waals surface area contributed by atoms with Gasteiger partial charge in [0.2, 0.25) is 0 Å². The largest absolute Gasteiger partial charge is 0.494 e. The summed E-state index contributed by atoms with van der Waals surface area (Å²) in [5.41, 5.74) is 2.88. The smallest absolute Gasteiger partial charge is 0.165 e. The SMILES string of the molecule is CCNC(Cc1ccc(OC)c(F)c1)c1cccc(C)n1. The molecule has 4 heteroatoms. The highest BCUT2D eigenvalue weighted by molar-refractivity contribution is 5.30. The van der Waals surface area contributed by atoms with Gasteiger partial charge in [-0.1, -0.05) is 19.1 Å². The second-order valence-electron chi connectivity index (χ2n) is 4.99. The molecule has 2 aromatic rings. The van der Waals surface area contributed by atoms with Crippen LogP contribution in [0.1, 0.15) is 29.9 Å². The Labute approximate surface area is 125 Å². The van der Waals surface area contributed by atoms with Crippen LogP contribution in [0.2, 0.25) is 0 Å². The number of aryl methyl sites for hydroxylation is 1. The topological polar surface area (TPSA) is 34.1 Å². The predicted molar refractivity (Wildman–Crippen MR) is 82.0 cm³/mol. The van der Waals surface area contributed by atoms with Crippen LogP contribution in [0, 0.1) is 12.7 Å². The van der Waals surface area contributed by atoms with Crippen molar-refractivity contribution in [2.24, 2.45) is 0 Å². The number of rotatable bonds is 6. The van der Waals surface area contributed by atoms with Crippen molar-refractivity contribution in [1.29, 1.82) is 0 Å². The van der Waals surface area contributed by atoms with Gasteiger partial charge < -0.3 is 10.1 Å². The average molecular weight is 288 g/mol. The lowest BCUT2D eigenvalue weighted by Gasteiger charge is -2.18. The number of nitrogens with one attached hydrogen (secondary N) is 1. The van der Waals surface area contributed by atoms with Crippen molar-refractivity contribution in [3.63, 3.8) is 0 Å². The van der Waals surface area contributed by atoms with E-state index in [1.54, 1.807) is 6.07 Å². The quantitative estimate of drug-likeness (QED) is 0.884. The maximum Gasteiger partial charge on any atom is 0.165 e. The molecule has 0 saturated heterocycles. The lowest BCUT2D eigenvalue weighted by atomic mass is 10.0. The molecular formula is C17H21FN2O. The number of hydrogen-bond donors (Lipinski definition) is 1. The molecule has 1 aromatic heterocycles. The molecule has 21 heavy (non-hydrogen) atoms. The Morgan fingerprint density at radius 1 is 1.29 bits per heavy atom. The monoisotopic (exact) mass is 288 g/mol. The summed E-state index contributed by atoms with van der Waals surface area (Å²) in [4.78, 5) is 4.56. The van der Waals surface area contributed by atoms with E-state index in [-0.39, 0.29) is 17.6 Å². The van der Waals surface area contributed by atoms with Crippen LogP contribution in [-0.4, -0.2) is 18.6 Å². The first-order chi connectivity index (χ1) is 10.1. The van der Waals surface area contributed by atoms with E-state index in [4.69, 9.17) is 4.74 Å². The van der Waals surface area contributed by atoms with Crippen molar-refractivity contribution >= 4 is 0 Å². The fraction of sp³-hybridized carbons (Fsp3) is 0.353. The molecule has 1 unspecified atom stereocenters. The number of pyridine rings is 1. The number of likely N-dealkylation sites (N-methyl/N-ethyl adjacent to an activating group) is 1. The van der Waals surface area contributed by atoms with Gasteiger partial charge in [0.05, 0.1) is 18.8 Å². The normalized spacial score (nSPS) is 12.2. The van der Waals surface area contributed by atoms with Crippen LogP contribution in [-0.2, 0) is 6.42 Å². The summed E-state index contributed by atoms with van der Waals surface area (Å²) < 4.78 is 18.7. The zero-order valence-corrected chi connectivity index (χ0v) is 12.7. The molecule has 1 atom stereocenters. The first-order valence-electron chi connectivity index (χ1n) is 7.13. The van der Waals surface area contributed by atoms with Gasteiger partial charge in [-0.25, -0.2) is 4.39 Å². The number of methoxy groups -OCH3 is 1. The maximum atomic E-state index is 13.8. The average Bonchev–Trinajstić information content (AvgIpc) is 2.47. The van der Waals surface area contributed by atoms with Gasteiger partial charge >= 0.3 is 0 Å². The Kier molecular flexibility index (Phi) is 5.28. The highest BCUT2D eigenvalue weighted by Gasteiger charge is 2.14. The standard InChI is InChI=1S/C17H21FN2O/c1-4-19-16(15-7-5-6-12(2)20-15)11-13-8-9-17(21-3)14(18)10-13/h5-10,16,19H,4,11H2,1-3H3. The summed E-state index contributed by atoms with van der Waals surface area (Å²) in [5.74, 6) is -0.0603. The molecule has 1 aromatic carbocycles. The van der Waals surface area contributed by atoms with Crippen molar-refractivity contribution in [3.8, 4) is 5.75 Å². The Morgan fingerprint density at radius 2 is 2.10 bits per heavy atom. The molecule has 3 nitrogen and oxygen atoms in total. The summed E-state index contributed by atoms with van der Waals surface area (Å²) >= 11 is 0. The van der Waals surface area contributed by atoms with E-state index in [0.29, 0.717) is 6.42 Å². The molecule has 0 fully saturated rings. The number of nitrogens with zero attached hydrogens (tertiary/aromatic N) is 1. The van der Waals surface area contributed by atoms with Crippen LogP contribution in [0.15, 0.2) is 36.4 Å². The first kappa shape index (κ1) is 15.4. The molecule has 0 aliphatic heterocycles. The predicted octanol–water partition coefficient (Wildman–Crippen LogP) is 3.43. The van der Waals surface area contributed by atoms with Gasteiger partial charge in [-0.15, -0.1) is 0 Å². The van der Waals surface area contributed by atoms with Crippen molar-refractivity contribution in [2.75, 3.05) is 13.7 Å². The maximum absolute atomic E-state index is 13.8. The van der Waals surface area contributed by atoms with Gasteiger partial charge in [0.25, 0.3) is 0 Å². The number of aromatic nitrogens is 1. The molecule has 112 valence electrons. The van der Waals surface area contributed by atoms with Gasteiger partial charge in [0.15, 0.2) is 11.6 Å². The molecule has 0 radical (unpaired) electrons. The Bertz CT molecular complexity index is 601. The van der Waals surface area contributed by atoms with E-state index in [1.165, 1.54) is 13.2 Å². The minimum atomic E-state index is -0.331. The van der Waals surface area contributed by atoms with Crippen LogP contribution in [0.3, 0.4) is 0 Å². The Hall–Kier alpha value is -1.94. The van der Waals surface area contributed by atoms with E-state index in [0.717, 1.165) is 23.5 Å². The van der Waals surface area contributed by atoms with Crippen LogP contribution < -0.4 is 10.1 Å². The summed E-state index contributed by atoms with van der Waals surface area (Å²) in [7, 11) is 1.47. The highest BCUT2D eigenvalue weighted by atomic mass is 19.1. The van der Waals surface area contributed by atoms with Gasteiger partial charge in [0.1, 0.15) is 0 Å². The molecule has 0 spiro atoms. The second kappa shape index (κ2) is 7.18. The molecule has 1 N–H and O–H groups in total. The number of halogens is 1. The van der Waals surface area contributed by atoms with Crippen LogP contribution >= 0.6 is 0 Å². The van der Waals surface area contributed by atoms with Gasteiger partial charge in [-0.05, 0) is 49.7 Å². The molecular weight excluding hydrogens is 267 g/mol. The Balaban J connectivity index is 2.22. The first-order valence-corrected chi connectivity index (χ1v) is 7.13. The van der Waals surface area contributed by atoms with Crippen LogP contribution in [0.5, 0.6) is 5.75 Å². The Morgan fingerprint density at radius 3 is 2.71 bits per heavy atom. The van der Waals surface area contributed by atoms with E-state index >= 15 is 0 Å². The highest BCUT2D eigenvalue weighted by Crippen LogP contribution is 2.22. The third-order valence-electron chi connectivity index (χ3n) is 3.37. The summed E-state index contributed by atoms with van der Waals surface area (Å²) in [6, 6.07) is 11.1. The van der Waals surface area contributed by atoms with Crippen molar-refractivity contribution in [2.45, 2.75) is 26.3 Å². The number of benzene rings is 1. The zero-order chi connectivity index (χ0) is 15.2. The van der Waals surface area contributed by atoms with Crippen molar-refractivity contribution < 1.29 is 9.13 Å². The lowest BCUT2D eigenvalue weighted by molar-refractivity contribution is 0.386. The van der Waals surface area contributed by atoms with Crippen molar-refractivity contribution in [3.05, 3.63) is 59.2 Å². The summed E-state index contributed by atoms with van der Waals surface area (Å²) in [6.07, 6.45) is 0.686. The minimum Gasteiger partial charge on any atom is -0.494 e. The number of hydrogen-bond acceptors (Lipinski definition) is 3. The molecule has 1 heterocycles. The molecule has 0 aliphatic rings. The second-order valence-corrected chi connectivity index (χ2v) is 4.99. The van der Waals surface area contributed by atoms with E-state index in [2.05, 4.69) is 17.2 Å². The molecule has 0 saturated carbocycles. The fourth-order valence-electron chi connectivity index (χ4n) is 2.36. The van der Waals surface area contributed by atoms with Crippen molar-refractivity contribution in [1.82, 2.24) is 10.3 Å². The fourth-order valence-corrected chi connectivity index (χ4v) is 2.36. The van der Waals surface area contributed by atoms with Gasteiger partial charge in [-0.2, -0.15) is 0 Å². The third kappa shape index (κ3) is 4.02. The van der Waals surface area contributed by atoms with Gasteiger partial charge in [-0.3, -0.25) is 4.98 Å². The van der Waals surface area contributed by atoms with E-state index < -0.39 is 0 Å². The van der Waals surface area contributed by atoms with E-state index in [9.17, 15) is 4.39 Å².